The van der Waals surface area contributed by atoms with Crippen LogP contribution >= 0.6 is 0 Å². The highest BCUT2D eigenvalue weighted by atomic mass is 14.9. The zero-order valence-corrected chi connectivity index (χ0v) is 12.7. The highest BCUT2D eigenvalue weighted by Gasteiger charge is 2.00. The predicted octanol–water partition coefficient (Wildman–Crippen LogP) is 5.15. The number of hydrogen-bond acceptors (Lipinski definition) is 1. The Bertz CT molecular complexity index is 142. The third kappa shape index (κ3) is 13.9. The summed E-state index contributed by atoms with van der Waals surface area (Å²) in [5.74, 6) is 0.875. The smallest absolute Gasteiger partial charge is 0.00387 e. The molecule has 0 aromatic rings. The number of nitrogens with one attached hydrogen (secondary N) is 1. The molecule has 0 amide bonds. The van der Waals surface area contributed by atoms with Gasteiger partial charge in [-0.25, -0.2) is 0 Å². The molecule has 0 fully saturated rings. The van der Waals surface area contributed by atoms with Crippen LogP contribution in [0.1, 0.15) is 85.5 Å². The maximum absolute atomic E-state index is 3.65. The van der Waals surface area contributed by atoms with E-state index in [1.807, 2.05) is 0 Å². The molecule has 1 unspecified atom stereocenters. The first kappa shape index (κ1) is 17.0. The summed E-state index contributed by atoms with van der Waals surface area (Å²) in [5.41, 5.74) is 0. The van der Waals surface area contributed by atoms with E-state index in [1.165, 1.54) is 64.3 Å². The zero-order chi connectivity index (χ0) is 12.9. The molecule has 0 aliphatic heterocycles. The van der Waals surface area contributed by atoms with E-state index in [0.29, 0.717) is 0 Å². The summed E-state index contributed by atoms with van der Waals surface area (Å²) in [4.78, 5) is 0. The Hall–Kier alpha value is -0.0400. The van der Waals surface area contributed by atoms with Gasteiger partial charge in [0, 0.05) is 6.04 Å². The molecule has 0 aliphatic carbocycles. The fourth-order valence-electron chi connectivity index (χ4n) is 2.18. The third-order valence-corrected chi connectivity index (χ3v) is 3.44. The highest BCUT2D eigenvalue weighted by molar-refractivity contribution is 4.61. The molecule has 0 aromatic heterocycles. The van der Waals surface area contributed by atoms with Crippen molar-refractivity contribution in [3.63, 3.8) is 0 Å². The van der Waals surface area contributed by atoms with Crippen molar-refractivity contribution in [2.24, 2.45) is 5.92 Å². The van der Waals surface area contributed by atoms with Crippen LogP contribution in [0.15, 0.2) is 0 Å². The first-order valence-electron chi connectivity index (χ1n) is 7.90. The highest BCUT2D eigenvalue weighted by Crippen LogP contribution is 2.08. The number of hydrogen-bond donors (Lipinski definition) is 1. The van der Waals surface area contributed by atoms with Crippen LogP contribution in [-0.2, 0) is 0 Å². The van der Waals surface area contributed by atoms with E-state index >= 15 is 0 Å². The summed E-state index contributed by atoms with van der Waals surface area (Å²) in [6.45, 7) is 10.5. The molecule has 1 atom stereocenters. The maximum Gasteiger partial charge on any atom is 0.00387 e. The molecule has 0 spiro atoms. The lowest BCUT2D eigenvalue weighted by Gasteiger charge is -2.13. The molecular weight excluding hydrogens is 206 g/mol. The molecule has 0 aromatic carbocycles. The second-order valence-electron chi connectivity index (χ2n) is 5.95. The van der Waals surface area contributed by atoms with Crippen molar-refractivity contribution in [2.45, 2.75) is 91.5 Å². The first-order valence-corrected chi connectivity index (χ1v) is 7.90. The van der Waals surface area contributed by atoms with Gasteiger partial charge in [-0.1, -0.05) is 65.7 Å². The van der Waals surface area contributed by atoms with Gasteiger partial charge < -0.3 is 5.32 Å². The van der Waals surface area contributed by atoms with Crippen molar-refractivity contribution in [1.29, 1.82) is 0 Å². The Morgan fingerprint density at radius 1 is 0.765 bits per heavy atom. The molecule has 0 radical (unpaired) electrons. The maximum atomic E-state index is 3.65. The predicted molar refractivity (Wildman–Crippen MR) is 79.5 cm³/mol. The summed E-state index contributed by atoms with van der Waals surface area (Å²) < 4.78 is 0. The van der Waals surface area contributed by atoms with E-state index in [1.54, 1.807) is 0 Å². The first-order chi connectivity index (χ1) is 8.16. The molecule has 0 bridgehead atoms. The van der Waals surface area contributed by atoms with Crippen LogP contribution in [0.2, 0.25) is 0 Å². The van der Waals surface area contributed by atoms with Crippen LogP contribution in [0.25, 0.3) is 0 Å². The molecule has 1 nitrogen and oxygen atoms in total. The van der Waals surface area contributed by atoms with Gasteiger partial charge in [-0.15, -0.1) is 0 Å². The number of unbranched alkanes of at least 4 members (excludes halogenated alkanes) is 5. The molecular formula is C16H35N. The Balaban J connectivity index is 3.13. The van der Waals surface area contributed by atoms with Crippen LogP contribution in [0.4, 0.5) is 0 Å². The molecule has 17 heavy (non-hydrogen) atoms. The molecule has 0 saturated heterocycles. The average Bonchev–Trinajstić information content (AvgIpc) is 2.29. The van der Waals surface area contributed by atoms with E-state index in [0.717, 1.165) is 12.0 Å². The lowest BCUT2D eigenvalue weighted by Crippen LogP contribution is -2.26. The summed E-state index contributed by atoms with van der Waals surface area (Å²) in [7, 11) is 0. The van der Waals surface area contributed by atoms with Gasteiger partial charge in [-0.05, 0) is 32.2 Å². The van der Waals surface area contributed by atoms with E-state index in [4.69, 9.17) is 0 Å². The fraction of sp³-hybridized carbons (Fsp3) is 1.00. The summed E-state index contributed by atoms with van der Waals surface area (Å²) in [6, 6.07) is 0.719. The fourth-order valence-corrected chi connectivity index (χ4v) is 2.18. The van der Waals surface area contributed by atoms with Crippen molar-refractivity contribution in [3.05, 3.63) is 0 Å². The zero-order valence-electron chi connectivity index (χ0n) is 12.7. The van der Waals surface area contributed by atoms with E-state index in [9.17, 15) is 0 Å². The van der Waals surface area contributed by atoms with Crippen LogP contribution in [0.3, 0.4) is 0 Å². The standard InChI is InChI=1S/C16H35N/c1-5-6-7-10-13-16(4)17-14-11-8-9-12-15(2)3/h15-17H,5-14H2,1-4H3. The van der Waals surface area contributed by atoms with Crippen LogP contribution in [0, 0.1) is 5.92 Å². The van der Waals surface area contributed by atoms with Crippen LogP contribution in [0.5, 0.6) is 0 Å². The Kier molecular flexibility index (Phi) is 12.4. The normalized spacial score (nSPS) is 13.2. The van der Waals surface area contributed by atoms with Crippen LogP contribution in [-0.4, -0.2) is 12.6 Å². The monoisotopic (exact) mass is 241 g/mol. The van der Waals surface area contributed by atoms with Crippen LogP contribution < -0.4 is 5.32 Å². The molecule has 0 rings (SSSR count). The van der Waals surface area contributed by atoms with E-state index in [2.05, 4.69) is 33.0 Å². The second-order valence-corrected chi connectivity index (χ2v) is 5.95. The van der Waals surface area contributed by atoms with Gasteiger partial charge in [0.15, 0.2) is 0 Å². The minimum Gasteiger partial charge on any atom is -0.314 e. The van der Waals surface area contributed by atoms with E-state index in [-0.39, 0.29) is 0 Å². The summed E-state index contributed by atoms with van der Waals surface area (Å²) in [5, 5.41) is 3.65. The van der Waals surface area contributed by atoms with Gasteiger partial charge in [0.1, 0.15) is 0 Å². The molecule has 1 N–H and O–H groups in total. The second kappa shape index (κ2) is 12.4. The Morgan fingerprint density at radius 2 is 1.41 bits per heavy atom. The van der Waals surface area contributed by atoms with Crippen molar-refractivity contribution < 1.29 is 0 Å². The minimum atomic E-state index is 0.719. The molecule has 0 aliphatic rings. The average molecular weight is 241 g/mol. The van der Waals surface area contributed by atoms with Gasteiger partial charge >= 0.3 is 0 Å². The number of rotatable bonds is 12. The summed E-state index contributed by atoms with van der Waals surface area (Å²) in [6.07, 6.45) is 12.5. The molecule has 1 heteroatoms. The molecule has 104 valence electrons. The molecule has 0 saturated carbocycles. The van der Waals surface area contributed by atoms with Crippen molar-refractivity contribution >= 4 is 0 Å². The van der Waals surface area contributed by atoms with E-state index < -0.39 is 0 Å². The van der Waals surface area contributed by atoms with Gasteiger partial charge in [0.2, 0.25) is 0 Å². The Morgan fingerprint density at radius 3 is 2.06 bits per heavy atom. The van der Waals surface area contributed by atoms with Gasteiger partial charge in [0.05, 0.1) is 0 Å². The SMILES string of the molecule is CCCCCCC(C)NCCCCCC(C)C. The van der Waals surface area contributed by atoms with Gasteiger partial charge in [-0.3, -0.25) is 0 Å². The topological polar surface area (TPSA) is 12.0 Å². The minimum absolute atomic E-state index is 0.719. The van der Waals surface area contributed by atoms with Gasteiger partial charge in [-0.2, -0.15) is 0 Å². The van der Waals surface area contributed by atoms with Crippen molar-refractivity contribution in [2.75, 3.05) is 6.54 Å². The quantitative estimate of drug-likeness (QED) is 0.466. The van der Waals surface area contributed by atoms with Crippen molar-refractivity contribution in [3.8, 4) is 0 Å². The summed E-state index contributed by atoms with van der Waals surface area (Å²) >= 11 is 0. The Labute approximate surface area is 110 Å². The lowest BCUT2D eigenvalue weighted by molar-refractivity contribution is 0.461. The third-order valence-electron chi connectivity index (χ3n) is 3.44. The largest absolute Gasteiger partial charge is 0.314 e. The van der Waals surface area contributed by atoms with Crippen molar-refractivity contribution in [1.82, 2.24) is 5.32 Å². The molecule has 0 heterocycles. The lowest BCUT2D eigenvalue weighted by atomic mass is 10.1. The van der Waals surface area contributed by atoms with Gasteiger partial charge in [0.25, 0.3) is 0 Å².